The molecule has 1 amide bonds. The van der Waals surface area contributed by atoms with Crippen LogP contribution in [0.4, 0.5) is 5.69 Å². The van der Waals surface area contributed by atoms with Crippen LogP contribution in [0.25, 0.3) is 0 Å². The number of nitrogens with one attached hydrogen (secondary N) is 2. The zero-order valence-corrected chi connectivity index (χ0v) is 18.3. The molecule has 8 heteroatoms. The van der Waals surface area contributed by atoms with Crippen molar-refractivity contribution in [2.75, 3.05) is 51.3 Å². The molecule has 1 aliphatic rings. The number of carbonyl (C=O) groups excluding carboxylic acids is 2. The number of nitrogens with zero attached hydrogens (tertiary/aromatic N) is 1. The Balaban J connectivity index is 0.00000320. The highest BCUT2D eigenvalue weighted by molar-refractivity contribution is 6.31. The Bertz CT molecular complexity index is 828. The maximum atomic E-state index is 12.8. The summed E-state index contributed by atoms with van der Waals surface area (Å²) in [5, 5.41) is 6.42. The van der Waals surface area contributed by atoms with Crippen LogP contribution < -0.4 is 10.6 Å². The van der Waals surface area contributed by atoms with Gasteiger partial charge in [-0.25, -0.2) is 0 Å². The van der Waals surface area contributed by atoms with Crippen LogP contribution in [-0.2, 0) is 9.53 Å². The second kappa shape index (κ2) is 12.7. The molecule has 2 N–H and O–H groups in total. The molecule has 162 valence electrons. The summed E-state index contributed by atoms with van der Waals surface area (Å²) in [7, 11) is 0. The van der Waals surface area contributed by atoms with E-state index in [1.165, 1.54) is 0 Å². The summed E-state index contributed by atoms with van der Waals surface area (Å²) in [6.07, 6.45) is 0.964. The molecule has 30 heavy (non-hydrogen) atoms. The van der Waals surface area contributed by atoms with Crippen molar-refractivity contribution in [2.24, 2.45) is 0 Å². The first-order valence-corrected chi connectivity index (χ1v) is 10.2. The molecule has 2 aromatic carbocycles. The summed E-state index contributed by atoms with van der Waals surface area (Å²) < 4.78 is 5.33. The van der Waals surface area contributed by atoms with Crippen molar-refractivity contribution in [3.63, 3.8) is 0 Å². The smallest absolute Gasteiger partial charge is 0.238 e. The zero-order valence-electron chi connectivity index (χ0n) is 16.7. The maximum Gasteiger partial charge on any atom is 0.238 e. The number of ketones is 1. The molecule has 3 rings (SSSR count). The van der Waals surface area contributed by atoms with Gasteiger partial charge in [0.15, 0.2) is 5.78 Å². The average Bonchev–Trinajstić information content (AvgIpc) is 2.75. The second-order valence-electron chi connectivity index (χ2n) is 6.92. The minimum Gasteiger partial charge on any atom is -0.379 e. The minimum atomic E-state index is -0.194. The number of rotatable bonds is 9. The molecule has 0 aromatic heterocycles. The molecular formula is C22H27Cl2N3O3. The van der Waals surface area contributed by atoms with Gasteiger partial charge in [0, 0.05) is 29.2 Å². The first kappa shape index (κ1) is 24.3. The van der Waals surface area contributed by atoms with Crippen LogP contribution in [0.2, 0.25) is 5.02 Å². The molecule has 0 radical (unpaired) electrons. The van der Waals surface area contributed by atoms with E-state index in [1.54, 1.807) is 42.5 Å². The summed E-state index contributed by atoms with van der Waals surface area (Å²) in [5.41, 5.74) is 1.39. The number of anilines is 1. The molecular weight excluding hydrogens is 425 g/mol. The van der Waals surface area contributed by atoms with E-state index in [4.69, 9.17) is 16.3 Å². The van der Waals surface area contributed by atoms with E-state index in [-0.39, 0.29) is 30.6 Å². The van der Waals surface area contributed by atoms with Crippen LogP contribution >= 0.6 is 24.0 Å². The van der Waals surface area contributed by atoms with E-state index < -0.39 is 0 Å². The van der Waals surface area contributed by atoms with Gasteiger partial charge in [-0.15, -0.1) is 12.4 Å². The van der Waals surface area contributed by atoms with Gasteiger partial charge in [0.05, 0.1) is 25.4 Å². The Morgan fingerprint density at radius 3 is 2.53 bits per heavy atom. The highest BCUT2D eigenvalue weighted by Crippen LogP contribution is 2.23. The molecule has 1 fully saturated rings. The Morgan fingerprint density at radius 1 is 1.07 bits per heavy atom. The monoisotopic (exact) mass is 451 g/mol. The number of halogens is 2. The molecule has 0 bridgehead atoms. The van der Waals surface area contributed by atoms with Crippen molar-refractivity contribution in [2.45, 2.75) is 6.42 Å². The average molecular weight is 452 g/mol. The number of ether oxygens (including phenoxy) is 1. The lowest BCUT2D eigenvalue weighted by Gasteiger charge is -2.26. The molecule has 0 unspecified atom stereocenters. The fourth-order valence-corrected chi connectivity index (χ4v) is 3.38. The highest BCUT2D eigenvalue weighted by atomic mass is 35.5. The molecule has 0 aliphatic carbocycles. The SMILES string of the molecule is Cl.O=C(CNCCCN1CCOCC1)Nc1ccc(Cl)cc1C(=O)c1ccccc1. The fourth-order valence-electron chi connectivity index (χ4n) is 3.21. The minimum absolute atomic E-state index is 0. The Kier molecular flexibility index (Phi) is 10.3. The Hall–Kier alpha value is -1.96. The van der Waals surface area contributed by atoms with Crippen molar-refractivity contribution in [3.05, 3.63) is 64.7 Å². The number of amides is 1. The largest absolute Gasteiger partial charge is 0.379 e. The maximum absolute atomic E-state index is 12.8. The van der Waals surface area contributed by atoms with Gasteiger partial charge in [-0.3, -0.25) is 14.5 Å². The van der Waals surface area contributed by atoms with E-state index in [0.29, 0.717) is 21.8 Å². The quantitative estimate of drug-likeness (QED) is 0.452. The van der Waals surface area contributed by atoms with Gasteiger partial charge in [0.2, 0.25) is 5.91 Å². The number of carbonyl (C=O) groups is 2. The summed E-state index contributed by atoms with van der Waals surface area (Å²) in [6, 6.07) is 13.8. The van der Waals surface area contributed by atoms with Gasteiger partial charge in [0.1, 0.15) is 0 Å². The predicted molar refractivity (Wildman–Crippen MR) is 122 cm³/mol. The van der Waals surface area contributed by atoms with E-state index >= 15 is 0 Å². The molecule has 1 saturated heterocycles. The zero-order chi connectivity index (χ0) is 20.5. The first-order chi connectivity index (χ1) is 14.1. The number of hydrogen-bond donors (Lipinski definition) is 2. The van der Waals surface area contributed by atoms with Crippen LogP contribution in [0.15, 0.2) is 48.5 Å². The van der Waals surface area contributed by atoms with Gasteiger partial charge in [0.25, 0.3) is 0 Å². The molecule has 0 atom stereocenters. The predicted octanol–water partition coefficient (Wildman–Crippen LogP) is 3.24. The standard InChI is InChI=1S/C22H26ClN3O3.ClH/c23-18-7-8-20(19(15-18)22(28)17-5-2-1-3-6-17)25-21(27)16-24-9-4-10-26-11-13-29-14-12-26;/h1-3,5-8,15,24H,4,9-14,16H2,(H,25,27);1H. The number of hydrogen-bond acceptors (Lipinski definition) is 5. The molecule has 6 nitrogen and oxygen atoms in total. The van der Waals surface area contributed by atoms with Crippen molar-refractivity contribution in [3.8, 4) is 0 Å². The number of benzene rings is 2. The molecule has 0 saturated carbocycles. The van der Waals surface area contributed by atoms with Crippen LogP contribution in [0, 0.1) is 0 Å². The van der Waals surface area contributed by atoms with Gasteiger partial charge in [-0.2, -0.15) is 0 Å². The van der Waals surface area contributed by atoms with Crippen LogP contribution in [-0.4, -0.2) is 62.5 Å². The van der Waals surface area contributed by atoms with Crippen molar-refractivity contribution < 1.29 is 14.3 Å². The Labute approximate surface area is 188 Å². The topological polar surface area (TPSA) is 70.7 Å². The third-order valence-corrected chi connectivity index (χ3v) is 4.99. The normalized spacial score (nSPS) is 14.0. The van der Waals surface area contributed by atoms with Crippen molar-refractivity contribution in [1.82, 2.24) is 10.2 Å². The van der Waals surface area contributed by atoms with Crippen LogP contribution in [0.1, 0.15) is 22.3 Å². The summed E-state index contributed by atoms with van der Waals surface area (Å²) in [6.45, 7) is 5.45. The van der Waals surface area contributed by atoms with Crippen molar-refractivity contribution >= 4 is 41.4 Å². The first-order valence-electron chi connectivity index (χ1n) is 9.83. The lowest BCUT2D eigenvalue weighted by Crippen LogP contribution is -2.38. The van der Waals surface area contributed by atoms with Crippen LogP contribution in [0.5, 0.6) is 0 Å². The Morgan fingerprint density at radius 2 is 1.80 bits per heavy atom. The van der Waals surface area contributed by atoms with Gasteiger partial charge in [-0.1, -0.05) is 41.9 Å². The van der Waals surface area contributed by atoms with Gasteiger partial charge < -0.3 is 15.4 Å². The van der Waals surface area contributed by atoms with Gasteiger partial charge >= 0.3 is 0 Å². The lowest BCUT2D eigenvalue weighted by atomic mass is 10.0. The number of morpholine rings is 1. The third-order valence-electron chi connectivity index (χ3n) is 4.75. The van der Waals surface area contributed by atoms with Crippen LogP contribution in [0.3, 0.4) is 0 Å². The molecule has 0 spiro atoms. The van der Waals surface area contributed by atoms with E-state index in [9.17, 15) is 9.59 Å². The second-order valence-corrected chi connectivity index (χ2v) is 7.35. The lowest BCUT2D eigenvalue weighted by molar-refractivity contribution is -0.115. The van der Waals surface area contributed by atoms with E-state index in [1.807, 2.05) is 6.07 Å². The van der Waals surface area contributed by atoms with Gasteiger partial charge in [-0.05, 0) is 37.7 Å². The molecule has 1 aliphatic heterocycles. The van der Waals surface area contributed by atoms with E-state index in [2.05, 4.69) is 15.5 Å². The molecule has 1 heterocycles. The fraction of sp³-hybridized carbons (Fsp3) is 0.364. The van der Waals surface area contributed by atoms with E-state index in [0.717, 1.165) is 45.8 Å². The molecule has 2 aromatic rings. The van der Waals surface area contributed by atoms with Crippen molar-refractivity contribution in [1.29, 1.82) is 0 Å². The third kappa shape index (κ3) is 7.38. The summed E-state index contributed by atoms with van der Waals surface area (Å²) in [5.74, 6) is -0.373. The highest BCUT2D eigenvalue weighted by Gasteiger charge is 2.16. The summed E-state index contributed by atoms with van der Waals surface area (Å²) in [4.78, 5) is 27.5. The summed E-state index contributed by atoms with van der Waals surface area (Å²) >= 11 is 6.08.